The Hall–Kier alpha value is -1.75. The maximum Gasteiger partial charge on any atom is 0.223 e. The normalized spacial score (nSPS) is 17.8. The van der Waals surface area contributed by atoms with Crippen molar-refractivity contribution < 1.29 is 14.3 Å². The number of carbonyl (C=O) groups is 1. The van der Waals surface area contributed by atoms with Gasteiger partial charge in [-0.1, -0.05) is 0 Å². The molecule has 1 saturated heterocycles. The number of benzene rings is 1. The van der Waals surface area contributed by atoms with Crippen LogP contribution in [0.4, 0.5) is 0 Å². The highest BCUT2D eigenvalue weighted by molar-refractivity contribution is 5.76. The van der Waals surface area contributed by atoms with Gasteiger partial charge in [0.15, 0.2) is 0 Å². The van der Waals surface area contributed by atoms with E-state index in [9.17, 15) is 4.79 Å². The van der Waals surface area contributed by atoms with E-state index in [0.717, 1.165) is 24.5 Å². The summed E-state index contributed by atoms with van der Waals surface area (Å²) in [4.78, 5) is 11.7. The highest BCUT2D eigenvalue weighted by Crippen LogP contribution is 2.16. The first-order valence-electron chi connectivity index (χ1n) is 7.05. The summed E-state index contributed by atoms with van der Waals surface area (Å²) in [5.74, 6) is 1.57. The van der Waals surface area contributed by atoms with Gasteiger partial charge in [-0.2, -0.15) is 0 Å². The van der Waals surface area contributed by atoms with Crippen molar-refractivity contribution in [3.05, 3.63) is 24.3 Å². The van der Waals surface area contributed by atoms with Crippen molar-refractivity contribution >= 4 is 5.91 Å². The van der Waals surface area contributed by atoms with Crippen LogP contribution < -0.4 is 20.1 Å². The molecule has 5 heteroatoms. The van der Waals surface area contributed by atoms with Crippen LogP contribution >= 0.6 is 0 Å². The largest absolute Gasteiger partial charge is 0.497 e. The van der Waals surface area contributed by atoms with E-state index in [4.69, 9.17) is 9.47 Å². The highest BCUT2D eigenvalue weighted by Gasteiger charge is 2.14. The molecule has 0 aromatic heterocycles. The molecule has 2 rings (SSSR count). The number of carbonyl (C=O) groups excluding carboxylic acids is 1. The Labute approximate surface area is 119 Å². The Balaban J connectivity index is 1.60. The predicted octanol–water partition coefficient (Wildman–Crippen LogP) is 1.33. The molecule has 0 spiro atoms. The van der Waals surface area contributed by atoms with Crippen LogP contribution in [-0.4, -0.2) is 38.8 Å². The molecule has 1 atom stereocenters. The summed E-state index contributed by atoms with van der Waals surface area (Å²) >= 11 is 0. The van der Waals surface area contributed by atoms with E-state index in [0.29, 0.717) is 25.6 Å². The Bertz CT molecular complexity index is 414. The van der Waals surface area contributed by atoms with E-state index in [1.54, 1.807) is 7.11 Å². The quantitative estimate of drug-likeness (QED) is 0.790. The average Bonchev–Trinajstić information content (AvgIpc) is 2.99. The zero-order valence-electron chi connectivity index (χ0n) is 11.9. The molecule has 0 aliphatic carbocycles. The lowest BCUT2D eigenvalue weighted by molar-refractivity contribution is -0.121. The third kappa shape index (κ3) is 4.74. The van der Waals surface area contributed by atoms with Crippen molar-refractivity contribution in [2.24, 2.45) is 0 Å². The minimum atomic E-state index is 0.0345. The van der Waals surface area contributed by atoms with Gasteiger partial charge in [0.25, 0.3) is 0 Å². The molecule has 1 aliphatic rings. The van der Waals surface area contributed by atoms with Crippen LogP contribution in [0.15, 0.2) is 24.3 Å². The summed E-state index contributed by atoms with van der Waals surface area (Å²) in [5.41, 5.74) is 0. The lowest BCUT2D eigenvalue weighted by Gasteiger charge is -2.11. The molecule has 1 heterocycles. The fraction of sp³-hybridized carbons (Fsp3) is 0.533. The second kappa shape index (κ2) is 7.75. The van der Waals surface area contributed by atoms with E-state index in [2.05, 4.69) is 10.6 Å². The molecule has 1 unspecified atom stereocenters. The first-order chi connectivity index (χ1) is 9.78. The first-order valence-corrected chi connectivity index (χ1v) is 7.05. The number of methoxy groups -OCH3 is 1. The fourth-order valence-electron chi connectivity index (χ4n) is 2.19. The van der Waals surface area contributed by atoms with Crippen molar-refractivity contribution in [2.45, 2.75) is 25.3 Å². The standard InChI is InChI=1S/C15H22N2O3/c1-19-13-4-6-14(7-5-13)20-10-8-15(18)17-11-12-3-2-9-16-12/h4-7,12,16H,2-3,8-11H2,1H3,(H,17,18). The van der Waals surface area contributed by atoms with Crippen LogP contribution in [-0.2, 0) is 4.79 Å². The van der Waals surface area contributed by atoms with Gasteiger partial charge in [0.2, 0.25) is 5.91 Å². The topological polar surface area (TPSA) is 59.6 Å². The van der Waals surface area contributed by atoms with Crippen LogP contribution in [0.25, 0.3) is 0 Å². The number of hydrogen-bond donors (Lipinski definition) is 2. The van der Waals surface area contributed by atoms with E-state index in [-0.39, 0.29) is 5.91 Å². The lowest BCUT2D eigenvalue weighted by atomic mass is 10.2. The second-order valence-electron chi connectivity index (χ2n) is 4.87. The van der Waals surface area contributed by atoms with E-state index < -0.39 is 0 Å². The Morgan fingerprint density at radius 1 is 1.35 bits per heavy atom. The smallest absolute Gasteiger partial charge is 0.223 e. The van der Waals surface area contributed by atoms with Gasteiger partial charge >= 0.3 is 0 Å². The number of rotatable bonds is 7. The molecule has 110 valence electrons. The SMILES string of the molecule is COc1ccc(OCCC(=O)NCC2CCCN2)cc1. The maximum atomic E-state index is 11.7. The second-order valence-corrected chi connectivity index (χ2v) is 4.87. The molecule has 0 bridgehead atoms. The molecule has 0 saturated carbocycles. The van der Waals surface area contributed by atoms with E-state index in [1.807, 2.05) is 24.3 Å². The Kier molecular flexibility index (Phi) is 5.68. The van der Waals surface area contributed by atoms with Gasteiger partial charge in [-0.3, -0.25) is 4.79 Å². The van der Waals surface area contributed by atoms with Crippen LogP contribution in [0.1, 0.15) is 19.3 Å². The van der Waals surface area contributed by atoms with Gasteiger partial charge in [-0.15, -0.1) is 0 Å². The monoisotopic (exact) mass is 278 g/mol. The predicted molar refractivity (Wildman–Crippen MR) is 77.1 cm³/mol. The molecular formula is C15H22N2O3. The van der Waals surface area contributed by atoms with E-state index >= 15 is 0 Å². The van der Waals surface area contributed by atoms with Crippen molar-refractivity contribution in [3.63, 3.8) is 0 Å². The maximum absolute atomic E-state index is 11.7. The molecule has 0 radical (unpaired) electrons. The third-order valence-corrected chi connectivity index (χ3v) is 3.37. The van der Waals surface area contributed by atoms with Gasteiger partial charge in [-0.25, -0.2) is 0 Å². The minimum Gasteiger partial charge on any atom is -0.497 e. The Morgan fingerprint density at radius 2 is 2.10 bits per heavy atom. The molecule has 1 fully saturated rings. The van der Waals surface area contributed by atoms with Crippen molar-refractivity contribution in [2.75, 3.05) is 26.8 Å². The summed E-state index contributed by atoms with van der Waals surface area (Å²) in [6.45, 7) is 2.15. The molecule has 1 aromatic carbocycles. The number of nitrogens with one attached hydrogen (secondary N) is 2. The van der Waals surface area contributed by atoms with Gasteiger partial charge in [0, 0.05) is 12.6 Å². The van der Waals surface area contributed by atoms with Gasteiger partial charge in [0.1, 0.15) is 11.5 Å². The Morgan fingerprint density at radius 3 is 2.75 bits per heavy atom. The van der Waals surface area contributed by atoms with Gasteiger partial charge in [-0.05, 0) is 43.7 Å². The van der Waals surface area contributed by atoms with Crippen LogP contribution in [0.5, 0.6) is 11.5 Å². The average molecular weight is 278 g/mol. The first kappa shape index (κ1) is 14.7. The molecule has 1 amide bonds. The van der Waals surface area contributed by atoms with Gasteiger partial charge < -0.3 is 20.1 Å². The zero-order chi connectivity index (χ0) is 14.2. The fourth-order valence-corrected chi connectivity index (χ4v) is 2.19. The van der Waals surface area contributed by atoms with Crippen LogP contribution in [0.3, 0.4) is 0 Å². The summed E-state index contributed by atoms with van der Waals surface area (Å²) in [5, 5.41) is 6.27. The van der Waals surface area contributed by atoms with Crippen molar-refractivity contribution in [3.8, 4) is 11.5 Å². The molecule has 5 nitrogen and oxygen atoms in total. The van der Waals surface area contributed by atoms with Crippen LogP contribution in [0, 0.1) is 0 Å². The van der Waals surface area contributed by atoms with E-state index in [1.165, 1.54) is 6.42 Å². The number of amides is 1. The molecule has 1 aliphatic heterocycles. The summed E-state index contributed by atoms with van der Waals surface area (Å²) < 4.78 is 10.6. The van der Waals surface area contributed by atoms with Crippen molar-refractivity contribution in [1.82, 2.24) is 10.6 Å². The summed E-state index contributed by atoms with van der Waals surface area (Å²) in [6, 6.07) is 7.77. The number of ether oxygens (including phenoxy) is 2. The van der Waals surface area contributed by atoms with Gasteiger partial charge in [0.05, 0.1) is 20.1 Å². The van der Waals surface area contributed by atoms with Crippen molar-refractivity contribution in [1.29, 1.82) is 0 Å². The molecular weight excluding hydrogens is 256 g/mol. The highest BCUT2D eigenvalue weighted by atomic mass is 16.5. The van der Waals surface area contributed by atoms with Crippen LogP contribution in [0.2, 0.25) is 0 Å². The number of hydrogen-bond acceptors (Lipinski definition) is 4. The zero-order valence-corrected chi connectivity index (χ0v) is 11.9. The summed E-state index contributed by atoms with van der Waals surface area (Å²) in [6.07, 6.45) is 2.71. The minimum absolute atomic E-state index is 0.0345. The summed E-state index contributed by atoms with van der Waals surface area (Å²) in [7, 11) is 1.62. The molecule has 20 heavy (non-hydrogen) atoms. The third-order valence-electron chi connectivity index (χ3n) is 3.37. The molecule has 1 aromatic rings. The lowest BCUT2D eigenvalue weighted by Crippen LogP contribution is -2.37. The molecule has 2 N–H and O–H groups in total.